The van der Waals surface area contributed by atoms with Crippen LogP contribution in [0.15, 0.2) is 23.1 Å². The van der Waals surface area contributed by atoms with Crippen molar-refractivity contribution in [3.8, 4) is 0 Å². The Bertz CT molecular complexity index is 643. The Morgan fingerprint density at radius 3 is 2.77 bits per heavy atom. The summed E-state index contributed by atoms with van der Waals surface area (Å²) >= 11 is 0. The number of sulfonamides is 1. The predicted octanol–water partition coefficient (Wildman–Crippen LogP) is 0.873. The van der Waals surface area contributed by atoms with Crippen molar-refractivity contribution < 1.29 is 13.2 Å². The van der Waals surface area contributed by atoms with E-state index in [2.05, 4.69) is 10.0 Å². The zero-order chi connectivity index (χ0) is 16.2. The van der Waals surface area contributed by atoms with Crippen LogP contribution in [-0.2, 0) is 21.2 Å². The summed E-state index contributed by atoms with van der Waals surface area (Å²) in [6, 6.07) is 5.02. The Labute approximate surface area is 131 Å². The van der Waals surface area contributed by atoms with E-state index in [0.717, 1.165) is 24.9 Å². The molecule has 0 atom stereocenters. The first-order valence-electron chi connectivity index (χ1n) is 7.57. The van der Waals surface area contributed by atoms with Crippen LogP contribution in [0.4, 0.5) is 5.69 Å². The van der Waals surface area contributed by atoms with E-state index in [9.17, 15) is 13.2 Å². The Morgan fingerprint density at radius 2 is 2.09 bits per heavy atom. The molecular formula is C15H23N3O3S. The molecule has 0 saturated heterocycles. The standard InChI is InChI=1S/C15H23N3O3S/c1-3-16-8-9-17-22(20,21)14-7-6-13-5-4-10-18(12(2)19)15(13)11-14/h6-7,11,16-17H,3-5,8-10H2,1-2H3. The lowest BCUT2D eigenvalue weighted by Crippen LogP contribution is -2.34. The first-order valence-corrected chi connectivity index (χ1v) is 9.05. The zero-order valence-electron chi connectivity index (χ0n) is 13.1. The number of carbonyl (C=O) groups excluding carboxylic acids is 1. The molecule has 0 radical (unpaired) electrons. The van der Waals surface area contributed by atoms with Crippen molar-refractivity contribution in [1.29, 1.82) is 0 Å². The summed E-state index contributed by atoms with van der Waals surface area (Å²) in [5.41, 5.74) is 1.74. The van der Waals surface area contributed by atoms with Gasteiger partial charge < -0.3 is 10.2 Å². The fourth-order valence-corrected chi connectivity index (χ4v) is 3.63. The fraction of sp³-hybridized carbons (Fsp3) is 0.533. The highest BCUT2D eigenvalue weighted by atomic mass is 32.2. The van der Waals surface area contributed by atoms with Gasteiger partial charge in [0, 0.05) is 32.2 Å². The van der Waals surface area contributed by atoms with Gasteiger partial charge in [-0.1, -0.05) is 13.0 Å². The van der Waals surface area contributed by atoms with E-state index in [1.807, 2.05) is 13.0 Å². The fourth-order valence-electron chi connectivity index (χ4n) is 2.58. The molecule has 0 aromatic heterocycles. The molecule has 0 unspecified atom stereocenters. The molecule has 6 nitrogen and oxygen atoms in total. The van der Waals surface area contributed by atoms with Crippen molar-refractivity contribution in [3.63, 3.8) is 0 Å². The zero-order valence-corrected chi connectivity index (χ0v) is 13.9. The van der Waals surface area contributed by atoms with E-state index in [1.54, 1.807) is 17.0 Å². The summed E-state index contributed by atoms with van der Waals surface area (Å²) in [5, 5.41) is 3.06. The number of carbonyl (C=O) groups is 1. The Hall–Kier alpha value is -1.44. The number of nitrogens with zero attached hydrogens (tertiary/aromatic N) is 1. The Kier molecular flexibility index (Phi) is 5.55. The number of amides is 1. The molecule has 1 aromatic carbocycles. The summed E-state index contributed by atoms with van der Waals surface area (Å²) < 4.78 is 27.2. The largest absolute Gasteiger partial charge is 0.316 e. The summed E-state index contributed by atoms with van der Waals surface area (Å²) in [5.74, 6) is -0.0596. The van der Waals surface area contributed by atoms with Gasteiger partial charge in [0.15, 0.2) is 0 Å². The molecule has 0 spiro atoms. The number of nitrogens with one attached hydrogen (secondary N) is 2. The van der Waals surface area contributed by atoms with Gasteiger partial charge in [-0.2, -0.15) is 0 Å². The molecular weight excluding hydrogens is 302 g/mol. The van der Waals surface area contributed by atoms with Crippen LogP contribution in [0, 0.1) is 0 Å². The van der Waals surface area contributed by atoms with Gasteiger partial charge in [0.25, 0.3) is 0 Å². The molecule has 1 aliphatic rings. The molecule has 0 bridgehead atoms. The molecule has 22 heavy (non-hydrogen) atoms. The van der Waals surface area contributed by atoms with Gasteiger partial charge in [-0.25, -0.2) is 13.1 Å². The maximum atomic E-state index is 12.3. The normalized spacial score (nSPS) is 14.7. The number of hydrogen-bond acceptors (Lipinski definition) is 4. The maximum Gasteiger partial charge on any atom is 0.240 e. The van der Waals surface area contributed by atoms with Crippen molar-refractivity contribution in [2.75, 3.05) is 31.1 Å². The summed E-state index contributed by atoms with van der Waals surface area (Å²) in [6.45, 7) is 5.83. The number of aryl methyl sites for hydroxylation is 1. The van der Waals surface area contributed by atoms with Crippen molar-refractivity contribution in [2.45, 2.75) is 31.6 Å². The molecule has 1 aliphatic heterocycles. The molecule has 1 heterocycles. The van der Waals surface area contributed by atoms with E-state index in [1.165, 1.54) is 6.92 Å². The van der Waals surface area contributed by atoms with Crippen molar-refractivity contribution in [2.24, 2.45) is 0 Å². The predicted molar refractivity (Wildman–Crippen MR) is 86.5 cm³/mol. The van der Waals surface area contributed by atoms with E-state index >= 15 is 0 Å². The number of rotatable bonds is 6. The number of benzene rings is 1. The van der Waals surface area contributed by atoms with Gasteiger partial charge in [-0.15, -0.1) is 0 Å². The Morgan fingerprint density at radius 1 is 1.32 bits per heavy atom. The van der Waals surface area contributed by atoms with Crippen LogP contribution < -0.4 is 14.9 Å². The van der Waals surface area contributed by atoms with Crippen LogP contribution in [0.1, 0.15) is 25.8 Å². The lowest BCUT2D eigenvalue weighted by atomic mass is 10.0. The highest BCUT2D eigenvalue weighted by Gasteiger charge is 2.23. The monoisotopic (exact) mass is 325 g/mol. The maximum absolute atomic E-state index is 12.3. The van der Waals surface area contributed by atoms with Crippen LogP contribution in [-0.4, -0.2) is 40.5 Å². The molecule has 1 aromatic rings. The third-order valence-corrected chi connectivity index (χ3v) is 5.17. The SMILES string of the molecule is CCNCCNS(=O)(=O)c1ccc2c(c1)N(C(C)=O)CCC2. The first-order chi connectivity index (χ1) is 10.5. The van der Waals surface area contributed by atoms with Crippen LogP contribution >= 0.6 is 0 Å². The van der Waals surface area contributed by atoms with Crippen molar-refractivity contribution in [1.82, 2.24) is 10.0 Å². The molecule has 2 N–H and O–H groups in total. The quantitative estimate of drug-likeness (QED) is 0.761. The molecule has 2 rings (SSSR count). The lowest BCUT2D eigenvalue weighted by Gasteiger charge is -2.29. The average Bonchev–Trinajstić information content (AvgIpc) is 2.50. The third kappa shape index (κ3) is 3.85. The second kappa shape index (κ2) is 7.21. The molecule has 7 heteroatoms. The summed E-state index contributed by atoms with van der Waals surface area (Å²) in [7, 11) is -3.55. The minimum absolute atomic E-state index is 0.0596. The number of likely N-dealkylation sites (N-methyl/N-ethyl adjacent to an activating group) is 1. The lowest BCUT2D eigenvalue weighted by molar-refractivity contribution is -0.116. The first kappa shape index (κ1) is 16.9. The molecule has 122 valence electrons. The molecule has 1 amide bonds. The van der Waals surface area contributed by atoms with Crippen LogP contribution in [0.5, 0.6) is 0 Å². The average molecular weight is 325 g/mol. The second-order valence-electron chi connectivity index (χ2n) is 5.32. The highest BCUT2D eigenvalue weighted by Crippen LogP contribution is 2.29. The van der Waals surface area contributed by atoms with Crippen molar-refractivity contribution in [3.05, 3.63) is 23.8 Å². The number of hydrogen-bond donors (Lipinski definition) is 2. The van der Waals surface area contributed by atoms with Gasteiger partial charge >= 0.3 is 0 Å². The molecule has 0 aliphatic carbocycles. The topological polar surface area (TPSA) is 78.5 Å². The van der Waals surface area contributed by atoms with Crippen LogP contribution in [0.3, 0.4) is 0 Å². The van der Waals surface area contributed by atoms with Gasteiger partial charge in [-0.05, 0) is 37.1 Å². The molecule has 0 fully saturated rings. The molecule has 0 saturated carbocycles. The van der Waals surface area contributed by atoms with Crippen molar-refractivity contribution >= 4 is 21.6 Å². The highest BCUT2D eigenvalue weighted by molar-refractivity contribution is 7.89. The van der Waals surface area contributed by atoms with Gasteiger partial charge in [-0.3, -0.25) is 4.79 Å². The van der Waals surface area contributed by atoms with E-state index in [-0.39, 0.29) is 10.8 Å². The van der Waals surface area contributed by atoms with E-state index < -0.39 is 10.0 Å². The third-order valence-electron chi connectivity index (χ3n) is 3.71. The van der Waals surface area contributed by atoms with Gasteiger partial charge in [0.05, 0.1) is 4.90 Å². The van der Waals surface area contributed by atoms with Gasteiger partial charge in [0.1, 0.15) is 0 Å². The van der Waals surface area contributed by atoms with E-state index in [4.69, 9.17) is 0 Å². The number of anilines is 1. The summed E-state index contributed by atoms with van der Waals surface area (Å²) in [6.07, 6.45) is 1.77. The van der Waals surface area contributed by atoms with Gasteiger partial charge in [0.2, 0.25) is 15.9 Å². The number of fused-ring (bicyclic) bond motifs is 1. The van der Waals surface area contributed by atoms with E-state index in [0.29, 0.717) is 25.3 Å². The Balaban J connectivity index is 2.22. The van der Waals surface area contributed by atoms with Crippen LogP contribution in [0.25, 0.3) is 0 Å². The smallest absolute Gasteiger partial charge is 0.240 e. The second-order valence-corrected chi connectivity index (χ2v) is 7.08. The van der Waals surface area contributed by atoms with Crippen LogP contribution in [0.2, 0.25) is 0 Å². The summed E-state index contributed by atoms with van der Waals surface area (Å²) in [4.78, 5) is 13.6. The minimum Gasteiger partial charge on any atom is -0.316 e. The minimum atomic E-state index is -3.55.